The van der Waals surface area contributed by atoms with Gasteiger partial charge in [0, 0.05) is 38.2 Å². The molecule has 1 atom stereocenters. The summed E-state index contributed by atoms with van der Waals surface area (Å²) >= 11 is 6.43. The summed E-state index contributed by atoms with van der Waals surface area (Å²) in [4.78, 5) is 23.5. The van der Waals surface area contributed by atoms with Crippen molar-refractivity contribution in [2.45, 2.75) is 58.0 Å². The first-order valence-electron chi connectivity index (χ1n) is 9.78. The molecule has 1 unspecified atom stereocenters. The topological polar surface area (TPSA) is 75.9 Å². The number of pyridine rings is 1. The lowest BCUT2D eigenvalue weighted by Crippen LogP contribution is -2.35. The smallest absolute Gasteiger partial charge is 0.255 e. The number of hydrogen-bond acceptors (Lipinski definition) is 5. The van der Waals surface area contributed by atoms with Crippen molar-refractivity contribution in [3.8, 4) is 0 Å². The number of halogens is 1. The monoisotopic (exact) mass is 388 g/mol. The van der Waals surface area contributed by atoms with Crippen molar-refractivity contribution in [2.24, 2.45) is 0 Å². The molecular weight excluding hydrogens is 364 g/mol. The fourth-order valence-electron chi connectivity index (χ4n) is 3.76. The second-order valence-electron chi connectivity index (χ2n) is 7.27. The maximum absolute atomic E-state index is 12.6. The van der Waals surface area contributed by atoms with Gasteiger partial charge in [0.1, 0.15) is 11.6 Å². The summed E-state index contributed by atoms with van der Waals surface area (Å²) in [5.41, 5.74) is 0.558. The number of hydrogen-bond donors (Lipinski definition) is 1. The first-order chi connectivity index (χ1) is 13.1. The second kappa shape index (κ2) is 7.84. The van der Waals surface area contributed by atoms with Crippen LogP contribution in [0.25, 0.3) is 0 Å². The highest BCUT2D eigenvalue weighted by molar-refractivity contribution is 6.33. The molecule has 4 rings (SSSR count). The van der Waals surface area contributed by atoms with Crippen LogP contribution in [0.4, 0.5) is 5.82 Å². The number of nitrogens with one attached hydrogen (secondary N) is 1. The number of aromatic nitrogens is 4. The van der Waals surface area contributed by atoms with Crippen LogP contribution in [-0.4, -0.2) is 49.7 Å². The summed E-state index contributed by atoms with van der Waals surface area (Å²) in [5, 5.41) is 8.42. The van der Waals surface area contributed by atoms with Crippen molar-refractivity contribution in [2.75, 3.05) is 18.4 Å². The summed E-state index contributed by atoms with van der Waals surface area (Å²) in [6.07, 6.45) is 7.64. The van der Waals surface area contributed by atoms with E-state index >= 15 is 0 Å². The van der Waals surface area contributed by atoms with Crippen molar-refractivity contribution >= 4 is 23.3 Å². The predicted molar refractivity (Wildman–Crippen MR) is 104 cm³/mol. The van der Waals surface area contributed by atoms with Crippen molar-refractivity contribution < 1.29 is 4.79 Å². The van der Waals surface area contributed by atoms with E-state index in [1.54, 1.807) is 12.3 Å². The zero-order valence-electron chi connectivity index (χ0n) is 15.6. The van der Waals surface area contributed by atoms with E-state index in [1.165, 1.54) is 6.42 Å². The van der Waals surface area contributed by atoms with E-state index in [9.17, 15) is 4.79 Å². The highest BCUT2D eigenvalue weighted by atomic mass is 35.5. The van der Waals surface area contributed by atoms with Crippen LogP contribution in [0.1, 0.15) is 54.6 Å². The van der Waals surface area contributed by atoms with Gasteiger partial charge in [0.2, 0.25) is 0 Å². The lowest BCUT2D eigenvalue weighted by molar-refractivity contribution is 0.0724. The lowest BCUT2D eigenvalue weighted by Gasteiger charge is -2.27. The third-order valence-electron chi connectivity index (χ3n) is 5.29. The number of aryl methyl sites for hydroxylation is 2. The molecule has 8 heteroatoms. The van der Waals surface area contributed by atoms with Crippen LogP contribution in [0.5, 0.6) is 0 Å². The highest BCUT2D eigenvalue weighted by Gasteiger charge is 2.23. The first kappa shape index (κ1) is 18.2. The maximum Gasteiger partial charge on any atom is 0.255 e. The second-order valence-corrected chi connectivity index (χ2v) is 7.67. The van der Waals surface area contributed by atoms with Gasteiger partial charge in [-0.05, 0) is 31.7 Å². The molecule has 0 aromatic carbocycles. The summed E-state index contributed by atoms with van der Waals surface area (Å²) < 4.78 is 1.97. The van der Waals surface area contributed by atoms with Gasteiger partial charge in [-0.25, -0.2) is 14.6 Å². The minimum atomic E-state index is 0.0210. The normalized spacial score (nSPS) is 19.6. The van der Waals surface area contributed by atoms with Crippen LogP contribution >= 0.6 is 11.6 Å². The van der Waals surface area contributed by atoms with Gasteiger partial charge < -0.3 is 10.2 Å². The molecule has 144 valence electrons. The fraction of sp³-hybridized carbons (Fsp3) is 0.579. The average molecular weight is 389 g/mol. The number of anilines is 1. The molecule has 4 heterocycles. The Balaban J connectivity index is 1.43. The molecule has 0 aliphatic carbocycles. The van der Waals surface area contributed by atoms with Gasteiger partial charge in [-0.15, -0.1) is 0 Å². The van der Waals surface area contributed by atoms with E-state index in [1.807, 2.05) is 9.58 Å². The van der Waals surface area contributed by atoms with Crippen molar-refractivity contribution in [1.29, 1.82) is 0 Å². The Morgan fingerprint density at radius 2 is 2.15 bits per heavy atom. The number of nitrogens with zero attached hydrogens (tertiary/aromatic N) is 5. The summed E-state index contributed by atoms with van der Waals surface area (Å²) in [7, 11) is 0. The van der Waals surface area contributed by atoms with Gasteiger partial charge >= 0.3 is 0 Å². The van der Waals surface area contributed by atoms with Crippen LogP contribution in [0.3, 0.4) is 0 Å². The SMILES string of the molecule is CCc1nc2n(n1)CC(Nc1ncc(C(=O)N3CCCCC3)cc1Cl)CC2. The summed E-state index contributed by atoms with van der Waals surface area (Å²) in [6.45, 7) is 4.44. The van der Waals surface area contributed by atoms with Crippen LogP contribution in [0, 0.1) is 0 Å². The molecule has 0 saturated carbocycles. The standard InChI is InChI=1S/C19H25ClN6O/c1-2-16-23-17-7-6-14(12-26(17)24-16)22-18-15(20)10-13(11-21-18)19(27)25-8-4-3-5-9-25/h10-11,14H,2-9,12H2,1H3,(H,21,22). The largest absolute Gasteiger partial charge is 0.364 e. The number of likely N-dealkylation sites (tertiary alicyclic amines) is 1. The number of amides is 1. The number of carbonyl (C=O) groups excluding carboxylic acids is 1. The fourth-order valence-corrected chi connectivity index (χ4v) is 3.98. The number of fused-ring (bicyclic) bond motifs is 1. The van der Waals surface area contributed by atoms with Crippen LogP contribution in [0.2, 0.25) is 5.02 Å². The molecule has 2 aromatic rings. The van der Waals surface area contributed by atoms with E-state index < -0.39 is 0 Å². The van der Waals surface area contributed by atoms with E-state index in [2.05, 4.69) is 27.3 Å². The van der Waals surface area contributed by atoms with Gasteiger partial charge in [0.25, 0.3) is 5.91 Å². The van der Waals surface area contributed by atoms with Gasteiger partial charge in [0.15, 0.2) is 5.82 Å². The van der Waals surface area contributed by atoms with E-state index in [0.29, 0.717) is 16.4 Å². The minimum Gasteiger partial charge on any atom is -0.364 e. The van der Waals surface area contributed by atoms with E-state index in [-0.39, 0.29) is 11.9 Å². The Morgan fingerprint density at radius 3 is 2.89 bits per heavy atom. The molecule has 0 radical (unpaired) electrons. The van der Waals surface area contributed by atoms with Gasteiger partial charge in [0.05, 0.1) is 17.1 Å². The first-order valence-corrected chi connectivity index (χ1v) is 10.2. The van der Waals surface area contributed by atoms with Crippen molar-refractivity contribution in [3.05, 3.63) is 34.5 Å². The highest BCUT2D eigenvalue weighted by Crippen LogP contribution is 2.25. The quantitative estimate of drug-likeness (QED) is 0.871. The molecule has 1 amide bonds. The Bertz CT molecular complexity index is 830. The van der Waals surface area contributed by atoms with Crippen molar-refractivity contribution in [1.82, 2.24) is 24.6 Å². The number of rotatable bonds is 4. The lowest BCUT2D eigenvalue weighted by atomic mass is 10.1. The van der Waals surface area contributed by atoms with E-state index in [4.69, 9.17) is 11.6 Å². The summed E-state index contributed by atoms with van der Waals surface area (Å²) in [6, 6.07) is 1.92. The van der Waals surface area contributed by atoms with Gasteiger partial charge in [-0.3, -0.25) is 4.79 Å². The predicted octanol–water partition coefficient (Wildman–Crippen LogP) is 2.94. The average Bonchev–Trinajstić information content (AvgIpc) is 3.12. The molecule has 27 heavy (non-hydrogen) atoms. The van der Waals surface area contributed by atoms with Crippen LogP contribution in [0.15, 0.2) is 12.3 Å². The van der Waals surface area contributed by atoms with Crippen molar-refractivity contribution in [3.63, 3.8) is 0 Å². The zero-order valence-corrected chi connectivity index (χ0v) is 16.4. The molecule has 1 fully saturated rings. The molecule has 1 N–H and O–H groups in total. The molecule has 0 bridgehead atoms. The maximum atomic E-state index is 12.6. The number of piperidine rings is 1. The Hall–Kier alpha value is -2.15. The Morgan fingerprint density at radius 1 is 1.33 bits per heavy atom. The Labute approximate surface area is 164 Å². The zero-order chi connectivity index (χ0) is 18.8. The third kappa shape index (κ3) is 3.93. The molecule has 2 aromatic heterocycles. The minimum absolute atomic E-state index is 0.0210. The molecule has 7 nitrogen and oxygen atoms in total. The molecular formula is C19H25ClN6O. The van der Waals surface area contributed by atoms with E-state index in [0.717, 1.165) is 63.4 Å². The third-order valence-corrected chi connectivity index (χ3v) is 5.58. The molecule has 2 aliphatic heterocycles. The van der Waals surface area contributed by atoms with Gasteiger partial charge in [-0.1, -0.05) is 18.5 Å². The Kier molecular flexibility index (Phi) is 5.29. The molecule has 2 aliphatic rings. The van der Waals surface area contributed by atoms with Crippen LogP contribution < -0.4 is 5.32 Å². The molecule has 1 saturated heterocycles. The number of carbonyl (C=O) groups is 1. The summed E-state index contributed by atoms with van der Waals surface area (Å²) in [5.74, 6) is 2.58. The molecule has 0 spiro atoms. The van der Waals surface area contributed by atoms with Crippen LogP contribution in [-0.2, 0) is 19.4 Å². The van der Waals surface area contributed by atoms with Gasteiger partial charge in [-0.2, -0.15) is 5.10 Å².